The molecule has 0 radical (unpaired) electrons. The molecule has 1 saturated heterocycles. The van der Waals surface area contributed by atoms with Crippen molar-refractivity contribution in [2.75, 3.05) is 5.73 Å². The van der Waals surface area contributed by atoms with Crippen molar-refractivity contribution in [1.82, 2.24) is 9.55 Å². The van der Waals surface area contributed by atoms with Crippen LogP contribution in [0.1, 0.15) is 13.2 Å². The van der Waals surface area contributed by atoms with E-state index in [9.17, 15) is 19.4 Å². The van der Waals surface area contributed by atoms with Crippen molar-refractivity contribution >= 4 is 5.82 Å². The zero-order valence-corrected chi connectivity index (χ0v) is 8.95. The van der Waals surface area contributed by atoms with Gasteiger partial charge in [-0.3, -0.25) is 4.57 Å². The minimum atomic E-state index is -1.33. The van der Waals surface area contributed by atoms with Crippen molar-refractivity contribution in [1.29, 1.82) is 0 Å². The second-order valence-corrected chi connectivity index (χ2v) is 3.88. The Bertz CT molecular complexity index is 492. The van der Waals surface area contributed by atoms with E-state index in [1.807, 2.05) is 0 Å². The third-order valence-electron chi connectivity index (χ3n) is 2.69. The summed E-state index contributed by atoms with van der Waals surface area (Å²) in [5.41, 5.74) is 4.27. The van der Waals surface area contributed by atoms with Crippen LogP contribution in [-0.4, -0.2) is 38.1 Å². The van der Waals surface area contributed by atoms with Crippen LogP contribution in [0.3, 0.4) is 0 Å². The molecule has 1 fully saturated rings. The number of halogens is 1. The minimum Gasteiger partial charge on any atom is -0.388 e. The fourth-order valence-corrected chi connectivity index (χ4v) is 1.70. The Hall–Kier alpha value is -1.51. The van der Waals surface area contributed by atoms with E-state index >= 15 is 0 Å². The normalized spacial score (nSPS) is 32.9. The Kier molecular flexibility index (Phi) is 2.86. The number of nitrogen functional groups attached to an aromatic ring is 1. The summed E-state index contributed by atoms with van der Waals surface area (Å²) in [6, 6.07) is 0. The van der Waals surface area contributed by atoms with Crippen molar-refractivity contribution in [3.63, 3.8) is 0 Å². The highest BCUT2D eigenvalue weighted by atomic mass is 19.1. The summed E-state index contributed by atoms with van der Waals surface area (Å²) in [5, 5.41) is 19.1. The topological polar surface area (TPSA) is 111 Å². The highest BCUT2D eigenvalue weighted by molar-refractivity contribution is 5.26. The largest absolute Gasteiger partial charge is 0.388 e. The van der Waals surface area contributed by atoms with Crippen LogP contribution in [0.5, 0.6) is 0 Å². The molecule has 0 aromatic carbocycles. The van der Waals surface area contributed by atoms with Gasteiger partial charge in [0.25, 0.3) is 0 Å². The SMILES string of the molecule is C[C@H]1O[C@@H](n2cc(F)c(N)nc2=O)[C@@H](O)[C@@H]1O. The maximum Gasteiger partial charge on any atom is 0.351 e. The lowest BCUT2D eigenvalue weighted by Crippen LogP contribution is -2.35. The number of aromatic nitrogens is 2. The van der Waals surface area contributed by atoms with E-state index in [0.29, 0.717) is 0 Å². The van der Waals surface area contributed by atoms with Gasteiger partial charge in [0.05, 0.1) is 12.3 Å². The number of ether oxygens (including phenoxy) is 1. The Labute approximate surface area is 95.3 Å². The van der Waals surface area contributed by atoms with Crippen molar-refractivity contribution in [3.05, 3.63) is 22.5 Å². The molecule has 1 aromatic heterocycles. The lowest BCUT2D eigenvalue weighted by molar-refractivity contribution is -0.0355. The zero-order valence-electron chi connectivity index (χ0n) is 8.95. The number of anilines is 1. The molecule has 4 atom stereocenters. The second-order valence-electron chi connectivity index (χ2n) is 3.88. The summed E-state index contributed by atoms with van der Waals surface area (Å²) in [5.74, 6) is -1.42. The first-order chi connectivity index (χ1) is 7.91. The summed E-state index contributed by atoms with van der Waals surface area (Å²) in [4.78, 5) is 14.7. The first-order valence-electron chi connectivity index (χ1n) is 4.97. The van der Waals surface area contributed by atoms with Crippen molar-refractivity contribution in [2.24, 2.45) is 0 Å². The molecule has 0 spiro atoms. The van der Waals surface area contributed by atoms with E-state index in [4.69, 9.17) is 10.5 Å². The monoisotopic (exact) mass is 245 g/mol. The highest BCUT2D eigenvalue weighted by Crippen LogP contribution is 2.28. The average Bonchev–Trinajstić information content (AvgIpc) is 2.51. The Balaban J connectivity index is 2.42. The van der Waals surface area contributed by atoms with E-state index < -0.39 is 41.9 Å². The van der Waals surface area contributed by atoms with Gasteiger partial charge in [0.15, 0.2) is 17.9 Å². The summed E-state index contributed by atoms with van der Waals surface area (Å²) in [6.07, 6.45) is -3.51. The van der Waals surface area contributed by atoms with Gasteiger partial charge in [-0.15, -0.1) is 0 Å². The van der Waals surface area contributed by atoms with E-state index in [2.05, 4.69) is 4.98 Å². The van der Waals surface area contributed by atoms with Crippen LogP contribution >= 0.6 is 0 Å². The molecule has 2 heterocycles. The van der Waals surface area contributed by atoms with E-state index in [1.165, 1.54) is 6.92 Å². The third kappa shape index (κ3) is 1.90. The molecule has 1 aromatic rings. The maximum absolute atomic E-state index is 13.2. The van der Waals surface area contributed by atoms with Gasteiger partial charge >= 0.3 is 5.69 Å². The van der Waals surface area contributed by atoms with Crippen LogP contribution in [0, 0.1) is 5.82 Å². The van der Waals surface area contributed by atoms with E-state index in [0.717, 1.165) is 10.8 Å². The third-order valence-corrected chi connectivity index (χ3v) is 2.69. The number of aliphatic hydroxyl groups excluding tert-OH is 2. The molecule has 0 saturated carbocycles. The van der Waals surface area contributed by atoms with Crippen LogP contribution in [0.15, 0.2) is 11.0 Å². The molecular weight excluding hydrogens is 233 g/mol. The number of aliphatic hydroxyl groups is 2. The summed E-state index contributed by atoms with van der Waals surface area (Å²) >= 11 is 0. The predicted octanol–water partition coefficient (Wildman–Crippen LogP) is -1.40. The summed E-state index contributed by atoms with van der Waals surface area (Å²) < 4.78 is 19.1. The molecule has 1 aliphatic heterocycles. The Morgan fingerprint density at radius 1 is 1.53 bits per heavy atom. The van der Waals surface area contributed by atoms with Crippen LogP contribution in [0.4, 0.5) is 10.2 Å². The van der Waals surface area contributed by atoms with Gasteiger partial charge in [0.1, 0.15) is 12.2 Å². The van der Waals surface area contributed by atoms with Gasteiger partial charge in [-0.05, 0) is 6.92 Å². The van der Waals surface area contributed by atoms with Crippen molar-refractivity contribution in [2.45, 2.75) is 31.5 Å². The molecule has 4 N–H and O–H groups in total. The molecule has 7 nitrogen and oxygen atoms in total. The molecule has 17 heavy (non-hydrogen) atoms. The number of nitrogens with two attached hydrogens (primary N) is 1. The molecular formula is C9H12FN3O4. The number of hydrogen-bond donors (Lipinski definition) is 3. The standard InChI is InChI=1S/C9H12FN3O4/c1-3-5(14)6(15)8(17-3)13-2-4(10)7(11)12-9(13)16/h2-3,5-6,8,14-15H,1H3,(H2,11,12,16)/t3-,5-,6+,8-/m1/s1. The van der Waals surface area contributed by atoms with Crippen molar-refractivity contribution < 1.29 is 19.3 Å². The molecule has 8 heteroatoms. The van der Waals surface area contributed by atoms with Gasteiger partial charge in [0.2, 0.25) is 0 Å². The lowest BCUT2D eigenvalue weighted by Gasteiger charge is -2.17. The Morgan fingerprint density at radius 3 is 2.71 bits per heavy atom. The molecule has 0 aliphatic carbocycles. The highest BCUT2D eigenvalue weighted by Gasteiger charge is 2.41. The van der Waals surface area contributed by atoms with Crippen LogP contribution in [0.2, 0.25) is 0 Å². The second kappa shape index (κ2) is 4.06. The van der Waals surface area contributed by atoms with Gasteiger partial charge in [-0.25, -0.2) is 9.18 Å². The van der Waals surface area contributed by atoms with Gasteiger partial charge < -0.3 is 20.7 Å². The van der Waals surface area contributed by atoms with E-state index in [1.54, 1.807) is 0 Å². The summed E-state index contributed by atoms with van der Waals surface area (Å²) in [7, 11) is 0. The summed E-state index contributed by atoms with van der Waals surface area (Å²) in [6.45, 7) is 1.53. The fraction of sp³-hybridized carbons (Fsp3) is 0.556. The fourth-order valence-electron chi connectivity index (χ4n) is 1.70. The molecule has 2 rings (SSSR count). The first-order valence-corrected chi connectivity index (χ1v) is 4.97. The van der Waals surface area contributed by atoms with Gasteiger partial charge in [-0.2, -0.15) is 4.98 Å². The maximum atomic E-state index is 13.2. The predicted molar refractivity (Wildman–Crippen MR) is 54.5 cm³/mol. The van der Waals surface area contributed by atoms with E-state index in [-0.39, 0.29) is 0 Å². The van der Waals surface area contributed by atoms with Crippen molar-refractivity contribution in [3.8, 4) is 0 Å². The molecule has 0 bridgehead atoms. The lowest BCUT2D eigenvalue weighted by atomic mass is 10.1. The first kappa shape index (κ1) is 12.0. The van der Waals surface area contributed by atoms with Crippen LogP contribution in [0.25, 0.3) is 0 Å². The van der Waals surface area contributed by atoms with Gasteiger partial charge in [-0.1, -0.05) is 0 Å². The number of hydrogen-bond acceptors (Lipinski definition) is 6. The Morgan fingerprint density at radius 2 is 2.18 bits per heavy atom. The number of rotatable bonds is 1. The molecule has 0 unspecified atom stereocenters. The minimum absolute atomic E-state index is 0.521. The molecule has 0 amide bonds. The zero-order chi connectivity index (χ0) is 12.7. The average molecular weight is 245 g/mol. The van der Waals surface area contributed by atoms with Crippen LogP contribution in [-0.2, 0) is 4.74 Å². The van der Waals surface area contributed by atoms with Crippen LogP contribution < -0.4 is 11.4 Å². The van der Waals surface area contributed by atoms with Gasteiger partial charge in [0, 0.05) is 0 Å². The molecule has 94 valence electrons. The smallest absolute Gasteiger partial charge is 0.351 e. The number of nitrogens with zero attached hydrogens (tertiary/aromatic N) is 2. The molecule has 1 aliphatic rings. The quantitative estimate of drug-likeness (QED) is 0.561.